The van der Waals surface area contributed by atoms with E-state index in [0.29, 0.717) is 29.8 Å². The molecule has 3 fully saturated rings. The maximum atomic E-state index is 9.99. The van der Waals surface area contributed by atoms with Gasteiger partial charge < -0.3 is 20.9 Å². The quantitative estimate of drug-likeness (QED) is 0.764. The molecule has 3 aliphatic rings. The summed E-state index contributed by atoms with van der Waals surface area (Å²) in [7, 11) is 1.56. The van der Waals surface area contributed by atoms with Crippen molar-refractivity contribution in [2.75, 3.05) is 31.3 Å². The summed E-state index contributed by atoms with van der Waals surface area (Å²) in [6.07, 6.45) is 7.63. The number of hydrogen-bond acceptors (Lipinski definition) is 6. The lowest BCUT2D eigenvalue weighted by molar-refractivity contribution is -0.0306. The number of hydrogen-bond donors (Lipinski definition) is 3. The molecule has 1 unspecified atom stereocenters. The highest BCUT2D eigenvalue weighted by atomic mass is 16.5. The third kappa shape index (κ3) is 2.52. The Morgan fingerprint density at radius 3 is 2.71 bits per heavy atom. The van der Waals surface area contributed by atoms with Crippen molar-refractivity contribution in [3.05, 3.63) is 6.33 Å². The molecule has 1 aromatic rings. The number of nitrogens with zero attached hydrogens (tertiary/aromatic N) is 2. The maximum absolute atomic E-state index is 9.99. The molecule has 3 aliphatic carbocycles. The minimum atomic E-state index is -0.0358. The van der Waals surface area contributed by atoms with E-state index in [9.17, 15) is 5.11 Å². The number of aliphatic hydroxyl groups excluding tert-OH is 1. The van der Waals surface area contributed by atoms with Gasteiger partial charge in [0, 0.05) is 12.0 Å². The number of aliphatic hydroxyl groups is 1. The predicted octanol–water partition coefficient (Wildman–Crippen LogP) is 1.67. The number of ether oxygens (including phenoxy) is 1. The average Bonchev–Trinajstić information content (AvgIpc) is 2.54. The molecule has 2 bridgehead atoms. The molecule has 21 heavy (non-hydrogen) atoms. The van der Waals surface area contributed by atoms with Crippen molar-refractivity contribution in [1.29, 1.82) is 0 Å². The topological polar surface area (TPSA) is 93.3 Å². The van der Waals surface area contributed by atoms with Crippen LogP contribution in [0.25, 0.3) is 0 Å². The molecule has 3 saturated carbocycles. The van der Waals surface area contributed by atoms with Crippen molar-refractivity contribution < 1.29 is 9.84 Å². The summed E-state index contributed by atoms with van der Waals surface area (Å²) in [6.45, 7) is 0.932. The van der Waals surface area contributed by atoms with Crippen LogP contribution in [-0.2, 0) is 0 Å². The number of anilines is 2. The first-order valence-electron chi connectivity index (χ1n) is 7.68. The molecule has 0 aromatic carbocycles. The molecule has 4 N–H and O–H groups in total. The fourth-order valence-corrected chi connectivity index (χ4v) is 4.16. The molecule has 1 atom stereocenters. The molecule has 1 aromatic heterocycles. The summed E-state index contributed by atoms with van der Waals surface area (Å²) in [4.78, 5) is 8.15. The second-order valence-corrected chi connectivity index (χ2v) is 6.44. The summed E-state index contributed by atoms with van der Waals surface area (Å²) in [6, 6.07) is 0. The Balaban J connectivity index is 1.76. The Hall–Kier alpha value is -1.56. The lowest BCUT2D eigenvalue weighted by atomic mass is 9.56. The van der Waals surface area contributed by atoms with E-state index in [4.69, 9.17) is 10.5 Å². The zero-order valence-electron chi connectivity index (χ0n) is 12.5. The number of nitrogen functional groups attached to an aromatic ring is 1. The van der Waals surface area contributed by atoms with Crippen molar-refractivity contribution >= 4 is 11.6 Å². The second-order valence-electron chi connectivity index (χ2n) is 6.44. The van der Waals surface area contributed by atoms with Gasteiger partial charge in [0.25, 0.3) is 0 Å². The first-order valence-corrected chi connectivity index (χ1v) is 7.68. The Morgan fingerprint density at radius 2 is 2.14 bits per heavy atom. The zero-order valence-corrected chi connectivity index (χ0v) is 12.5. The van der Waals surface area contributed by atoms with E-state index in [1.807, 2.05) is 0 Å². The van der Waals surface area contributed by atoms with Gasteiger partial charge in [-0.3, -0.25) is 0 Å². The van der Waals surface area contributed by atoms with Gasteiger partial charge in [0.05, 0.1) is 13.7 Å². The van der Waals surface area contributed by atoms with Gasteiger partial charge in [0.2, 0.25) is 5.75 Å². The third-order valence-electron chi connectivity index (χ3n) is 5.37. The van der Waals surface area contributed by atoms with Crippen LogP contribution in [-0.4, -0.2) is 35.3 Å². The number of aromatic nitrogens is 2. The number of nitrogens with one attached hydrogen (secondary N) is 1. The van der Waals surface area contributed by atoms with Gasteiger partial charge in [-0.15, -0.1) is 0 Å². The van der Waals surface area contributed by atoms with E-state index in [-0.39, 0.29) is 12.0 Å². The SMILES string of the molecule is COc1c(N)ncnc1NCC1(CO)CC2CCC1CC2. The second kappa shape index (κ2) is 5.67. The van der Waals surface area contributed by atoms with E-state index in [1.165, 1.54) is 32.0 Å². The van der Waals surface area contributed by atoms with Crippen molar-refractivity contribution in [2.45, 2.75) is 32.1 Å². The normalized spacial score (nSPS) is 31.1. The highest BCUT2D eigenvalue weighted by molar-refractivity contribution is 5.61. The molecule has 116 valence electrons. The standard InChI is InChI=1S/C15H24N4O2/c1-21-12-13(16)18-9-19-14(12)17-7-15(8-20)6-10-2-4-11(15)5-3-10/h9-11,20H,2-8H2,1H3,(H3,16,17,18,19). The molecule has 4 rings (SSSR count). The Labute approximate surface area is 125 Å². The molecule has 1 heterocycles. The van der Waals surface area contributed by atoms with Crippen LogP contribution in [0, 0.1) is 17.3 Å². The van der Waals surface area contributed by atoms with Crippen LogP contribution in [0.4, 0.5) is 11.6 Å². The van der Waals surface area contributed by atoms with Gasteiger partial charge >= 0.3 is 0 Å². The van der Waals surface area contributed by atoms with E-state index in [0.717, 1.165) is 12.3 Å². The van der Waals surface area contributed by atoms with Gasteiger partial charge in [0.15, 0.2) is 11.6 Å². The molecule has 0 radical (unpaired) electrons. The molecule has 6 heteroatoms. The highest BCUT2D eigenvalue weighted by Crippen LogP contribution is 2.52. The zero-order chi connectivity index (χ0) is 14.9. The molecule has 0 aliphatic heterocycles. The Bertz CT molecular complexity index is 502. The number of rotatable bonds is 5. The van der Waals surface area contributed by atoms with Crippen LogP contribution >= 0.6 is 0 Å². The van der Waals surface area contributed by atoms with Gasteiger partial charge in [-0.05, 0) is 31.1 Å². The average molecular weight is 292 g/mol. The van der Waals surface area contributed by atoms with Gasteiger partial charge in [-0.1, -0.05) is 12.8 Å². The van der Waals surface area contributed by atoms with Crippen molar-refractivity contribution in [2.24, 2.45) is 17.3 Å². The van der Waals surface area contributed by atoms with Crippen molar-refractivity contribution in [3.63, 3.8) is 0 Å². The van der Waals surface area contributed by atoms with Gasteiger partial charge in [0.1, 0.15) is 6.33 Å². The number of methoxy groups -OCH3 is 1. The molecule has 0 saturated heterocycles. The van der Waals surface area contributed by atoms with E-state index >= 15 is 0 Å². The largest absolute Gasteiger partial charge is 0.490 e. The number of nitrogens with two attached hydrogens (primary N) is 1. The summed E-state index contributed by atoms with van der Waals surface area (Å²) in [5, 5.41) is 13.3. The van der Waals surface area contributed by atoms with Crippen LogP contribution in [0.3, 0.4) is 0 Å². The third-order valence-corrected chi connectivity index (χ3v) is 5.37. The molecular formula is C15H24N4O2. The van der Waals surface area contributed by atoms with Crippen molar-refractivity contribution in [3.8, 4) is 5.75 Å². The Kier molecular flexibility index (Phi) is 3.89. The predicted molar refractivity (Wildman–Crippen MR) is 81.1 cm³/mol. The van der Waals surface area contributed by atoms with Gasteiger partial charge in [-0.2, -0.15) is 0 Å². The van der Waals surface area contributed by atoms with Crippen molar-refractivity contribution in [1.82, 2.24) is 9.97 Å². The Morgan fingerprint density at radius 1 is 1.38 bits per heavy atom. The summed E-state index contributed by atoms with van der Waals surface area (Å²) < 4.78 is 5.27. The first kappa shape index (κ1) is 14.4. The van der Waals surface area contributed by atoms with E-state index in [1.54, 1.807) is 7.11 Å². The van der Waals surface area contributed by atoms with Gasteiger partial charge in [-0.25, -0.2) is 9.97 Å². The first-order chi connectivity index (χ1) is 10.2. The fourth-order valence-electron chi connectivity index (χ4n) is 4.16. The van der Waals surface area contributed by atoms with Crippen LogP contribution < -0.4 is 15.8 Å². The molecule has 6 nitrogen and oxygen atoms in total. The van der Waals surface area contributed by atoms with Crippen LogP contribution in [0.1, 0.15) is 32.1 Å². The van der Waals surface area contributed by atoms with Crippen LogP contribution in [0.2, 0.25) is 0 Å². The monoisotopic (exact) mass is 292 g/mol. The van der Waals surface area contributed by atoms with Crippen LogP contribution in [0.5, 0.6) is 5.75 Å². The maximum Gasteiger partial charge on any atom is 0.203 e. The molecule has 0 amide bonds. The highest BCUT2D eigenvalue weighted by Gasteiger charge is 2.46. The molecule has 0 spiro atoms. The number of fused-ring (bicyclic) bond motifs is 3. The smallest absolute Gasteiger partial charge is 0.203 e. The minimum absolute atomic E-state index is 0.0358. The summed E-state index contributed by atoms with van der Waals surface area (Å²) >= 11 is 0. The van der Waals surface area contributed by atoms with E-state index in [2.05, 4.69) is 15.3 Å². The lowest BCUT2D eigenvalue weighted by Crippen LogP contribution is -2.48. The lowest BCUT2D eigenvalue weighted by Gasteiger charge is -2.51. The minimum Gasteiger partial charge on any atom is -0.490 e. The fraction of sp³-hybridized carbons (Fsp3) is 0.733. The van der Waals surface area contributed by atoms with Crippen LogP contribution in [0.15, 0.2) is 6.33 Å². The molecular weight excluding hydrogens is 268 g/mol. The van der Waals surface area contributed by atoms with E-state index < -0.39 is 0 Å². The summed E-state index contributed by atoms with van der Waals surface area (Å²) in [5.41, 5.74) is 5.77. The summed E-state index contributed by atoms with van der Waals surface area (Å²) in [5.74, 6) is 2.79.